The Balaban J connectivity index is 0.000000267. The number of benzene rings is 2. The molecule has 6 heterocycles. The van der Waals surface area contributed by atoms with Crippen LogP contribution in [0.2, 0.25) is 0 Å². The molecule has 12 nitrogen and oxygen atoms in total. The maximum atomic E-state index is 6.10. The zero-order valence-electron chi connectivity index (χ0n) is 34.6. The van der Waals surface area contributed by atoms with E-state index in [4.69, 9.17) is 11.5 Å². The van der Waals surface area contributed by atoms with Gasteiger partial charge in [0.1, 0.15) is 22.7 Å². The van der Waals surface area contributed by atoms with Crippen LogP contribution in [0.3, 0.4) is 0 Å². The van der Waals surface area contributed by atoms with Crippen molar-refractivity contribution in [3.05, 3.63) is 75.7 Å². The van der Waals surface area contributed by atoms with Gasteiger partial charge in [0, 0.05) is 85.6 Å². The van der Waals surface area contributed by atoms with Crippen molar-refractivity contribution in [2.45, 2.75) is 66.5 Å². The van der Waals surface area contributed by atoms with Crippen LogP contribution >= 0.6 is 0 Å². The van der Waals surface area contributed by atoms with Crippen molar-refractivity contribution in [2.24, 2.45) is 0 Å². The van der Waals surface area contributed by atoms with Gasteiger partial charge in [-0.15, -0.1) is 0 Å². The molecule has 14 heteroatoms. The van der Waals surface area contributed by atoms with E-state index in [1.807, 2.05) is 6.07 Å². The van der Waals surface area contributed by atoms with E-state index in [0.29, 0.717) is 23.3 Å². The van der Waals surface area contributed by atoms with Crippen LogP contribution in [0.5, 0.6) is 0 Å². The van der Waals surface area contributed by atoms with E-state index in [2.05, 4.69) is 149 Å². The number of rotatable bonds is 2. The summed E-state index contributed by atoms with van der Waals surface area (Å²) < 4.78 is 0. The van der Waals surface area contributed by atoms with Gasteiger partial charge in [-0.3, -0.25) is 19.8 Å². The number of aromatic nitrogens is 6. The molecule has 4 aromatic heterocycles. The second kappa shape index (κ2) is 19.1. The molecule has 2 aromatic carbocycles. The van der Waals surface area contributed by atoms with E-state index < -0.39 is 0 Å². The summed E-state index contributed by atoms with van der Waals surface area (Å²) in [6, 6.07) is 12.7. The quantitative estimate of drug-likeness (QED) is 0.131. The smallest absolute Gasteiger partial charge is 0.382 e. The van der Waals surface area contributed by atoms with Crippen molar-refractivity contribution in [2.75, 3.05) is 73.6 Å². The first-order valence-corrected chi connectivity index (χ1v) is 18.9. The number of nitrogens with two attached hydrogens (primary N) is 2. The van der Waals surface area contributed by atoms with E-state index in [-0.39, 0.29) is 48.2 Å². The largest absolute Gasteiger partial charge is 2.00 e. The fraction of sp³-hybridized carbons (Fsp3) is 0.429. The molecule has 56 heavy (non-hydrogen) atoms. The first kappa shape index (κ1) is 46.6. The summed E-state index contributed by atoms with van der Waals surface area (Å²) in [6.45, 7) is 39.8. The minimum Gasteiger partial charge on any atom is -0.382 e. The average Bonchev–Trinajstić information content (AvgIpc) is 3.76. The van der Waals surface area contributed by atoms with Crippen LogP contribution in [0.25, 0.3) is 43.9 Å². The molecule has 6 N–H and O–H groups in total. The summed E-state index contributed by atoms with van der Waals surface area (Å²) in [4.78, 5) is 34.2. The van der Waals surface area contributed by atoms with Crippen molar-refractivity contribution in [3.8, 4) is 0 Å². The van der Waals surface area contributed by atoms with Gasteiger partial charge in [-0.05, 0) is 89.6 Å². The Hall–Kier alpha value is -3.77. The van der Waals surface area contributed by atoms with Gasteiger partial charge in [0.25, 0.3) is 0 Å². The molecule has 0 bridgehead atoms. The van der Waals surface area contributed by atoms with Crippen molar-refractivity contribution >= 4 is 66.9 Å². The third-order valence-electron chi connectivity index (χ3n) is 10.2. The number of hydrogen-bond donors (Lipinski definition) is 4. The molecule has 2 aliphatic rings. The molecule has 0 amide bonds. The van der Waals surface area contributed by atoms with Crippen molar-refractivity contribution in [1.29, 1.82) is 0 Å². The molecule has 0 saturated carbocycles. The molecule has 2 saturated heterocycles. The summed E-state index contributed by atoms with van der Waals surface area (Å²) in [7, 11) is 0. The minimum absolute atomic E-state index is 0. The number of piperazine rings is 2. The van der Waals surface area contributed by atoms with Crippen LogP contribution in [0.1, 0.15) is 67.0 Å². The molecule has 0 spiro atoms. The van der Waals surface area contributed by atoms with Crippen LogP contribution < -0.4 is 21.3 Å². The molecule has 0 aliphatic carbocycles. The number of aromatic amines is 2. The third-order valence-corrected chi connectivity index (χ3v) is 10.2. The normalized spacial score (nSPS) is 15.2. The monoisotopic (exact) mass is 834 g/mol. The van der Waals surface area contributed by atoms with E-state index >= 15 is 0 Å². The number of hydrogen-bond acceptors (Lipinski definition) is 10. The van der Waals surface area contributed by atoms with Gasteiger partial charge in [0.2, 0.25) is 0 Å². The number of anilines is 4. The topological polar surface area (TPSA) is 148 Å². The number of pyridine rings is 2. The Morgan fingerprint density at radius 1 is 0.536 bits per heavy atom. The standard InChI is InChI=1S/2C19H25N6.2C2H5.2V/c1-12-21-16-14-11-13(5-6-15(14)23-18(20)17(16)22-12)24-7-9-25(10-8-24)19(2,3)4;1-12-21-16-14-6-5-13(11-15(14)23-18(20)17(16)22-12)24-7-9-25(10-8-24)19(2,3)4;2*1-2;;/h2*5-6,11H,1,7-10H2,2-4H3,(H2,20,23)(H,21,22);2*1H2,2H3;;/q4*-1;2*+2. The Morgan fingerprint density at radius 3 is 1.38 bits per heavy atom. The molecule has 8 rings (SSSR count). The Morgan fingerprint density at radius 2 is 0.929 bits per heavy atom. The first-order chi connectivity index (χ1) is 25.7. The number of H-pyrrole nitrogens is 2. The molecule has 0 atom stereocenters. The Labute approximate surface area is 357 Å². The van der Waals surface area contributed by atoms with E-state index in [1.165, 1.54) is 11.4 Å². The predicted octanol–water partition coefficient (Wildman–Crippen LogP) is 7.27. The van der Waals surface area contributed by atoms with E-state index in [0.717, 1.165) is 96.2 Å². The van der Waals surface area contributed by atoms with Crippen molar-refractivity contribution < 1.29 is 37.1 Å². The summed E-state index contributed by atoms with van der Waals surface area (Å²) in [5.41, 5.74) is 20.0. The summed E-state index contributed by atoms with van der Waals surface area (Å²) in [6.07, 6.45) is 0. The number of fused-ring (bicyclic) bond motifs is 6. The SMILES string of the molecule is [CH2-]C.[CH2-]C.[CH2-]c1nc2c([nH]1)c(N)nc1cc(N3CCN(C(C)(C)C)CC3)ccc12.[CH2-]c1nc2c([nH]1)c(N)nc1ccc(N3CCN(C(C)(C)C)CC3)cc12.[V+2].[V+2]. The first-order valence-electron chi connectivity index (χ1n) is 18.9. The van der Waals surface area contributed by atoms with Gasteiger partial charge < -0.3 is 58.9 Å². The van der Waals surface area contributed by atoms with E-state index in [9.17, 15) is 0 Å². The van der Waals surface area contributed by atoms with Gasteiger partial charge in [0.15, 0.2) is 0 Å². The zero-order valence-corrected chi connectivity index (χ0v) is 37.4. The summed E-state index contributed by atoms with van der Waals surface area (Å²) in [5, 5.41) is 2.03. The maximum Gasteiger partial charge on any atom is 2.00 e. The second-order valence-corrected chi connectivity index (χ2v) is 15.5. The molecular weight excluding hydrogens is 774 g/mol. The van der Waals surface area contributed by atoms with Crippen LogP contribution in [0.4, 0.5) is 23.0 Å². The van der Waals surface area contributed by atoms with Gasteiger partial charge >= 0.3 is 37.1 Å². The molecular formula is C42H60N12V2. The summed E-state index contributed by atoms with van der Waals surface area (Å²) >= 11 is 0. The van der Waals surface area contributed by atoms with Crippen LogP contribution in [0, 0.1) is 27.7 Å². The van der Waals surface area contributed by atoms with E-state index in [1.54, 1.807) is 13.8 Å². The molecule has 0 unspecified atom stereocenters. The molecule has 298 valence electrons. The van der Waals surface area contributed by atoms with Crippen molar-refractivity contribution in [3.63, 3.8) is 0 Å². The van der Waals surface area contributed by atoms with Gasteiger partial charge in [-0.1, -0.05) is 0 Å². The van der Waals surface area contributed by atoms with Crippen LogP contribution in [-0.2, 0) is 37.1 Å². The Kier molecular flexibility index (Phi) is 15.9. The number of nitrogens with one attached hydrogen (secondary N) is 2. The minimum atomic E-state index is 0. The fourth-order valence-corrected chi connectivity index (χ4v) is 7.26. The van der Waals surface area contributed by atoms with Gasteiger partial charge in [-0.2, -0.15) is 13.8 Å². The number of nitrogens with zero attached hydrogens (tertiary/aromatic N) is 8. The van der Waals surface area contributed by atoms with Gasteiger partial charge in [0.05, 0.1) is 22.1 Å². The molecule has 2 radical (unpaired) electrons. The van der Waals surface area contributed by atoms with Crippen molar-refractivity contribution in [1.82, 2.24) is 39.7 Å². The van der Waals surface area contributed by atoms with Crippen LogP contribution in [0.15, 0.2) is 36.4 Å². The number of imidazole rings is 2. The second-order valence-electron chi connectivity index (χ2n) is 15.5. The number of nitrogen functional groups attached to an aromatic ring is 2. The third kappa shape index (κ3) is 10.0. The summed E-state index contributed by atoms with van der Waals surface area (Å²) in [5.74, 6) is 2.16. The Bertz CT molecular complexity index is 2180. The predicted molar refractivity (Wildman–Crippen MR) is 230 cm³/mol. The van der Waals surface area contributed by atoms with Gasteiger partial charge in [-0.25, -0.2) is 9.97 Å². The zero-order chi connectivity index (χ0) is 39.5. The molecule has 6 aromatic rings. The molecule has 2 fully saturated rings. The average molecular weight is 835 g/mol. The van der Waals surface area contributed by atoms with Crippen LogP contribution in [-0.4, -0.2) is 103 Å². The molecule has 2 aliphatic heterocycles. The maximum absolute atomic E-state index is 6.10. The fourth-order valence-electron chi connectivity index (χ4n) is 7.26.